The Bertz CT molecular complexity index is 114. The Balaban J connectivity index is 1.79. The van der Waals surface area contributed by atoms with Gasteiger partial charge in [-0.15, -0.1) is 0 Å². The van der Waals surface area contributed by atoms with Crippen LogP contribution < -0.4 is 5.32 Å². The van der Waals surface area contributed by atoms with Crippen LogP contribution in [0.3, 0.4) is 0 Å². The molecule has 0 aromatic carbocycles. The molecule has 1 aliphatic carbocycles. The minimum absolute atomic E-state index is 0.574. The average Bonchev–Trinajstić information content (AvgIpc) is 2.71. The fraction of sp³-hybridized carbons (Fsp3) is 1.00. The SMILES string of the molecule is FC1CCC(C2CC2)NC1. The molecule has 2 aliphatic rings. The van der Waals surface area contributed by atoms with Gasteiger partial charge in [-0.2, -0.15) is 0 Å². The van der Waals surface area contributed by atoms with Crippen LogP contribution in [0.15, 0.2) is 0 Å². The molecular formula is C8H14FN. The van der Waals surface area contributed by atoms with Crippen LogP contribution >= 0.6 is 0 Å². The highest BCUT2D eigenvalue weighted by molar-refractivity contribution is 4.89. The highest BCUT2D eigenvalue weighted by atomic mass is 19.1. The van der Waals surface area contributed by atoms with Gasteiger partial charge in [0.1, 0.15) is 6.17 Å². The lowest BCUT2D eigenvalue weighted by Crippen LogP contribution is -2.41. The van der Waals surface area contributed by atoms with Crippen molar-refractivity contribution in [3.63, 3.8) is 0 Å². The largest absolute Gasteiger partial charge is 0.311 e. The molecule has 0 aromatic rings. The molecule has 0 radical (unpaired) electrons. The summed E-state index contributed by atoms with van der Waals surface area (Å²) in [6.07, 6.45) is 4.01. The molecule has 0 spiro atoms. The zero-order valence-corrected chi connectivity index (χ0v) is 6.15. The van der Waals surface area contributed by atoms with Crippen LogP contribution in [-0.2, 0) is 0 Å². The third-order valence-corrected chi connectivity index (χ3v) is 2.58. The fourth-order valence-electron chi connectivity index (χ4n) is 1.74. The molecule has 1 N–H and O–H groups in total. The third kappa shape index (κ3) is 1.31. The molecule has 1 aliphatic heterocycles. The molecule has 2 heteroatoms. The van der Waals surface area contributed by atoms with Crippen LogP contribution in [0.4, 0.5) is 4.39 Å². The van der Waals surface area contributed by atoms with Gasteiger partial charge in [0.2, 0.25) is 0 Å². The summed E-state index contributed by atoms with van der Waals surface area (Å²) in [4.78, 5) is 0. The molecule has 10 heavy (non-hydrogen) atoms. The molecule has 58 valence electrons. The smallest absolute Gasteiger partial charge is 0.113 e. The number of piperidine rings is 1. The van der Waals surface area contributed by atoms with Crippen molar-refractivity contribution in [2.24, 2.45) is 5.92 Å². The average molecular weight is 143 g/mol. The van der Waals surface area contributed by atoms with Crippen molar-refractivity contribution in [3.8, 4) is 0 Å². The van der Waals surface area contributed by atoms with Crippen molar-refractivity contribution in [1.29, 1.82) is 0 Å². The van der Waals surface area contributed by atoms with E-state index < -0.39 is 6.17 Å². The van der Waals surface area contributed by atoms with E-state index in [0.29, 0.717) is 12.6 Å². The van der Waals surface area contributed by atoms with Gasteiger partial charge in [-0.3, -0.25) is 0 Å². The van der Waals surface area contributed by atoms with Gasteiger partial charge in [-0.05, 0) is 31.6 Å². The van der Waals surface area contributed by atoms with E-state index in [2.05, 4.69) is 5.32 Å². The topological polar surface area (TPSA) is 12.0 Å². The molecule has 1 saturated carbocycles. The molecular weight excluding hydrogens is 129 g/mol. The van der Waals surface area contributed by atoms with E-state index in [1.54, 1.807) is 0 Å². The first-order valence-electron chi connectivity index (χ1n) is 4.24. The number of halogens is 1. The van der Waals surface area contributed by atoms with Crippen molar-refractivity contribution >= 4 is 0 Å². The van der Waals surface area contributed by atoms with E-state index in [1.807, 2.05) is 0 Å². The van der Waals surface area contributed by atoms with Gasteiger partial charge in [0.25, 0.3) is 0 Å². The molecule has 1 heterocycles. The zero-order chi connectivity index (χ0) is 6.97. The first-order chi connectivity index (χ1) is 4.86. The highest BCUT2D eigenvalue weighted by Crippen LogP contribution is 2.35. The van der Waals surface area contributed by atoms with Gasteiger partial charge in [0.15, 0.2) is 0 Å². The number of rotatable bonds is 1. The Morgan fingerprint density at radius 3 is 2.40 bits per heavy atom. The minimum Gasteiger partial charge on any atom is -0.311 e. The van der Waals surface area contributed by atoms with E-state index in [4.69, 9.17) is 0 Å². The molecule has 0 aromatic heterocycles. The van der Waals surface area contributed by atoms with Crippen molar-refractivity contribution in [2.45, 2.75) is 37.9 Å². The predicted octanol–water partition coefficient (Wildman–Crippen LogP) is 1.49. The molecule has 0 bridgehead atoms. The Kier molecular flexibility index (Phi) is 1.65. The molecule has 2 rings (SSSR count). The van der Waals surface area contributed by atoms with Crippen LogP contribution in [0.25, 0.3) is 0 Å². The second-order valence-corrected chi connectivity index (χ2v) is 3.53. The monoisotopic (exact) mass is 143 g/mol. The summed E-state index contributed by atoms with van der Waals surface area (Å²) in [6, 6.07) is 0.659. The van der Waals surface area contributed by atoms with Crippen LogP contribution in [0, 0.1) is 5.92 Å². The fourth-order valence-corrected chi connectivity index (χ4v) is 1.74. The van der Waals surface area contributed by atoms with Crippen LogP contribution in [0.2, 0.25) is 0 Å². The summed E-state index contributed by atoms with van der Waals surface area (Å²) in [5, 5.41) is 3.26. The van der Waals surface area contributed by atoms with E-state index in [1.165, 1.54) is 12.8 Å². The second-order valence-electron chi connectivity index (χ2n) is 3.53. The lowest BCUT2D eigenvalue weighted by atomic mass is 10.00. The van der Waals surface area contributed by atoms with Gasteiger partial charge in [0, 0.05) is 12.6 Å². The summed E-state index contributed by atoms with van der Waals surface area (Å²) in [5.74, 6) is 0.896. The summed E-state index contributed by atoms with van der Waals surface area (Å²) >= 11 is 0. The Morgan fingerprint density at radius 1 is 1.10 bits per heavy atom. The predicted molar refractivity (Wildman–Crippen MR) is 38.6 cm³/mol. The summed E-state index contributed by atoms with van der Waals surface area (Å²) in [5.41, 5.74) is 0. The first kappa shape index (κ1) is 6.59. The van der Waals surface area contributed by atoms with Gasteiger partial charge >= 0.3 is 0 Å². The van der Waals surface area contributed by atoms with Crippen molar-refractivity contribution < 1.29 is 4.39 Å². The Hall–Kier alpha value is -0.110. The third-order valence-electron chi connectivity index (χ3n) is 2.58. The van der Waals surface area contributed by atoms with Gasteiger partial charge in [-0.1, -0.05) is 0 Å². The maximum atomic E-state index is 12.6. The quantitative estimate of drug-likeness (QED) is 0.586. The van der Waals surface area contributed by atoms with Gasteiger partial charge in [-0.25, -0.2) is 4.39 Å². The van der Waals surface area contributed by atoms with E-state index >= 15 is 0 Å². The number of nitrogens with one attached hydrogen (secondary N) is 1. The number of hydrogen-bond donors (Lipinski definition) is 1. The molecule has 0 amide bonds. The second kappa shape index (κ2) is 2.50. The number of hydrogen-bond acceptors (Lipinski definition) is 1. The van der Waals surface area contributed by atoms with E-state index in [0.717, 1.165) is 18.8 Å². The molecule has 2 unspecified atom stereocenters. The zero-order valence-electron chi connectivity index (χ0n) is 6.15. The molecule has 1 saturated heterocycles. The lowest BCUT2D eigenvalue weighted by Gasteiger charge is -2.25. The lowest BCUT2D eigenvalue weighted by molar-refractivity contribution is 0.222. The summed E-state index contributed by atoms with van der Waals surface area (Å²) in [6.45, 7) is 0.598. The maximum absolute atomic E-state index is 12.6. The van der Waals surface area contributed by atoms with Crippen LogP contribution in [0.1, 0.15) is 25.7 Å². The van der Waals surface area contributed by atoms with Crippen molar-refractivity contribution in [2.75, 3.05) is 6.54 Å². The molecule has 2 fully saturated rings. The van der Waals surface area contributed by atoms with Gasteiger partial charge in [0.05, 0.1) is 0 Å². The number of alkyl halides is 1. The van der Waals surface area contributed by atoms with Crippen molar-refractivity contribution in [3.05, 3.63) is 0 Å². The van der Waals surface area contributed by atoms with E-state index in [9.17, 15) is 4.39 Å². The normalized spacial score (nSPS) is 41.7. The minimum atomic E-state index is -0.574. The molecule has 1 nitrogen and oxygen atoms in total. The standard InChI is InChI=1S/C8H14FN/c9-7-3-4-8(10-5-7)6-1-2-6/h6-8,10H,1-5H2. The summed E-state index contributed by atoms with van der Waals surface area (Å²) < 4.78 is 12.6. The Morgan fingerprint density at radius 2 is 1.90 bits per heavy atom. The summed E-state index contributed by atoms with van der Waals surface area (Å²) in [7, 11) is 0. The van der Waals surface area contributed by atoms with Crippen molar-refractivity contribution in [1.82, 2.24) is 5.32 Å². The first-order valence-corrected chi connectivity index (χ1v) is 4.24. The van der Waals surface area contributed by atoms with Gasteiger partial charge < -0.3 is 5.32 Å². The Labute approximate surface area is 61.0 Å². The van der Waals surface area contributed by atoms with E-state index in [-0.39, 0.29) is 0 Å². The maximum Gasteiger partial charge on any atom is 0.113 e. The highest BCUT2D eigenvalue weighted by Gasteiger charge is 2.33. The molecule has 2 atom stereocenters. The van der Waals surface area contributed by atoms with Crippen LogP contribution in [0.5, 0.6) is 0 Å². The van der Waals surface area contributed by atoms with Crippen LogP contribution in [-0.4, -0.2) is 18.8 Å².